The molecule has 0 spiro atoms. The SMILES string of the molecule is COc1ccc(CC[C@@H](OC(=O)C2CCCCN2S(=O)(=O)c2ccc(C(F)(F)F)cc2)c2cccc(OCC(=O)O)c2)cc1OC. The van der Waals surface area contributed by atoms with Gasteiger partial charge in [0.25, 0.3) is 0 Å². The minimum atomic E-state index is -4.64. The van der Waals surface area contributed by atoms with Crippen LogP contribution in [0.3, 0.4) is 0 Å². The predicted octanol–water partition coefficient (Wildman–Crippen LogP) is 5.65. The summed E-state index contributed by atoms with van der Waals surface area (Å²) in [7, 11) is -1.33. The quantitative estimate of drug-likeness (QED) is 0.231. The topological polar surface area (TPSA) is 129 Å². The van der Waals surface area contributed by atoms with Crippen molar-refractivity contribution < 1.29 is 55.2 Å². The maximum atomic E-state index is 13.7. The number of methoxy groups -OCH3 is 2. The first-order chi connectivity index (χ1) is 21.8. The van der Waals surface area contributed by atoms with Gasteiger partial charge < -0.3 is 24.1 Å². The average molecular weight is 666 g/mol. The zero-order chi connectivity index (χ0) is 33.5. The van der Waals surface area contributed by atoms with Crippen LogP contribution in [0.4, 0.5) is 13.2 Å². The molecule has 0 saturated carbocycles. The third-order valence-corrected chi connectivity index (χ3v) is 9.43. The maximum Gasteiger partial charge on any atom is 0.416 e. The van der Waals surface area contributed by atoms with Crippen LogP contribution in [0.5, 0.6) is 17.2 Å². The Kier molecular flexibility index (Phi) is 11.2. The molecule has 3 aromatic carbocycles. The number of aryl methyl sites for hydroxylation is 1. The minimum absolute atomic E-state index is 0.0159. The molecule has 0 aliphatic carbocycles. The van der Waals surface area contributed by atoms with Crippen LogP contribution in [0.1, 0.15) is 48.5 Å². The lowest BCUT2D eigenvalue weighted by Gasteiger charge is -2.34. The first kappa shape index (κ1) is 34.6. The lowest BCUT2D eigenvalue weighted by atomic mass is 10.00. The van der Waals surface area contributed by atoms with Gasteiger partial charge in [-0.15, -0.1) is 0 Å². The Labute approximate surface area is 264 Å². The lowest BCUT2D eigenvalue weighted by molar-refractivity contribution is -0.155. The largest absolute Gasteiger partial charge is 0.493 e. The summed E-state index contributed by atoms with van der Waals surface area (Å²) in [6.07, 6.45) is -3.74. The van der Waals surface area contributed by atoms with Crippen molar-refractivity contribution in [1.82, 2.24) is 4.31 Å². The van der Waals surface area contributed by atoms with Crippen LogP contribution in [-0.4, -0.2) is 63.2 Å². The van der Waals surface area contributed by atoms with Gasteiger partial charge in [0.1, 0.15) is 17.9 Å². The van der Waals surface area contributed by atoms with E-state index in [1.807, 2.05) is 6.07 Å². The number of carboxylic acid groups (broad SMARTS) is 1. The molecule has 1 heterocycles. The lowest BCUT2D eigenvalue weighted by Crippen LogP contribution is -2.48. The van der Waals surface area contributed by atoms with Crippen LogP contribution >= 0.6 is 0 Å². The molecule has 1 aliphatic heterocycles. The van der Waals surface area contributed by atoms with Gasteiger partial charge in [0.2, 0.25) is 10.0 Å². The fourth-order valence-corrected chi connectivity index (χ4v) is 6.82. The summed E-state index contributed by atoms with van der Waals surface area (Å²) >= 11 is 0. The van der Waals surface area contributed by atoms with Gasteiger partial charge in [0, 0.05) is 6.54 Å². The maximum absolute atomic E-state index is 13.7. The van der Waals surface area contributed by atoms with E-state index in [4.69, 9.17) is 24.1 Å². The van der Waals surface area contributed by atoms with Gasteiger partial charge in [-0.3, -0.25) is 4.79 Å². The van der Waals surface area contributed by atoms with Crippen LogP contribution in [0.15, 0.2) is 71.6 Å². The first-order valence-corrected chi connectivity index (χ1v) is 15.8. The van der Waals surface area contributed by atoms with Crippen LogP contribution < -0.4 is 14.2 Å². The van der Waals surface area contributed by atoms with E-state index in [9.17, 15) is 31.2 Å². The van der Waals surface area contributed by atoms with Gasteiger partial charge in [-0.2, -0.15) is 17.5 Å². The van der Waals surface area contributed by atoms with E-state index in [2.05, 4.69) is 0 Å². The van der Waals surface area contributed by atoms with Crippen molar-refractivity contribution in [2.45, 2.75) is 55.3 Å². The Hall–Kier alpha value is -4.30. The van der Waals surface area contributed by atoms with E-state index in [1.54, 1.807) is 36.4 Å². The number of rotatable bonds is 13. The molecule has 0 amide bonds. The van der Waals surface area contributed by atoms with Gasteiger partial charge >= 0.3 is 18.1 Å². The number of carbonyl (C=O) groups is 2. The molecule has 1 fully saturated rings. The number of carbonyl (C=O) groups excluding carboxylic acids is 1. The normalized spacial score (nSPS) is 16.3. The third kappa shape index (κ3) is 8.49. The van der Waals surface area contributed by atoms with Crippen LogP contribution in [0.2, 0.25) is 0 Å². The second kappa shape index (κ2) is 14.9. The molecule has 1 aliphatic rings. The van der Waals surface area contributed by atoms with Crippen molar-refractivity contribution in [2.24, 2.45) is 0 Å². The van der Waals surface area contributed by atoms with Crippen LogP contribution in [-0.2, 0) is 36.9 Å². The monoisotopic (exact) mass is 665 g/mol. The average Bonchev–Trinajstić information content (AvgIpc) is 3.05. The summed E-state index contributed by atoms with van der Waals surface area (Å²) < 4.78 is 89.3. The van der Waals surface area contributed by atoms with E-state index in [-0.39, 0.29) is 30.0 Å². The zero-order valence-corrected chi connectivity index (χ0v) is 26.0. The third-order valence-electron chi connectivity index (χ3n) is 7.51. The number of aliphatic carboxylic acids is 1. The highest BCUT2D eigenvalue weighted by atomic mass is 32.2. The summed E-state index contributed by atoms with van der Waals surface area (Å²) in [6.45, 7) is -0.601. The second-order valence-corrected chi connectivity index (χ2v) is 12.4. The Bertz CT molecular complexity index is 1630. The summed E-state index contributed by atoms with van der Waals surface area (Å²) in [5.41, 5.74) is 0.332. The highest BCUT2D eigenvalue weighted by Crippen LogP contribution is 2.34. The summed E-state index contributed by atoms with van der Waals surface area (Å²) in [6, 6.07) is 13.7. The molecule has 3 aromatic rings. The minimum Gasteiger partial charge on any atom is -0.493 e. The Morgan fingerprint density at radius 2 is 1.70 bits per heavy atom. The first-order valence-electron chi connectivity index (χ1n) is 14.4. The van der Waals surface area contributed by atoms with Crippen molar-refractivity contribution in [3.63, 3.8) is 0 Å². The van der Waals surface area contributed by atoms with E-state index in [0.717, 1.165) is 22.0 Å². The van der Waals surface area contributed by atoms with Gasteiger partial charge in [-0.05, 0) is 91.8 Å². The van der Waals surface area contributed by atoms with Gasteiger partial charge in [0.05, 0.1) is 24.7 Å². The molecule has 248 valence electrons. The van der Waals surface area contributed by atoms with E-state index < -0.39 is 52.5 Å². The number of carboxylic acids is 1. The van der Waals surface area contributed by atoms with Gasteiger partial charge in [0.15, 0.2) is 18.1 Å². The fraction of sp³-hybridized carbons (Fsp3) is 0.375. The van der Waals surface area contributed by atoms with Crippen molar-refractivity contribution in [3.05, 3.63) is 83.4 Å². The molecule has 1 saturated heterocycles. The van der Waals surface area contributed by atoms with E-state index >= 15 is 0 Å². The molecule has 0 radical (unpaired) electrons. The van der Waals surface area contributed by atoms with Crippen LogP contribution in [0, 0.1) is 0 Å². The molecule has 1 unspecified atom stereocenters. The number of hydrogen-bond acceptors (Lipinski definition) is 8. The van der Waals surface area contributed by atoms with Crippen LogP contribution in [0.25, 0.3) is 0 Å². The number of esters is 1. The molecule has 1 N–H and O–H groups in total. The number of benzene rings is 3. The standard InChI is InChI=1S/C32H34F3NO9S/c1-42-28-16-10-21(18-29(28)43-2)9-15-27(22-6-5-7-24(19-22)44-20-30(37)38)45-31(39)26-8-3-4-17-36(26)46(40,41)25-13-11-23(12-14-25)32(33,34)35/h5-7,10-14,16,18-19,26-27H,3-4,8-9,15,17,20H2,1-2H3,(H,37,38)/t26?,27-/m1/s1. The van der Waals surface area contributed by atoms with Crippen molar-refractivity contribution in [3.8, 4) is 17.2 Å². The van der Waals surface area contributed by atoms with Gasteiger partial charge in [-0.25, -0.2) is 13.2 Å². The second-order valence-electron chi connectivity index (χ2n) is 10.6. The van der Waals surface area contributed by atoms with Crippen molar-refractivity contribution in [1.29, 1.82) is 0 Å². The number of ether oxygens (including phenoxy) is 4. The number of hydrogen-bond donors (Lipinski definition) is 1. The molecule has 0 aromatic heterocycles. The fourth-order valence-electron chi connectivity index (χ4n) is 5.18. The number of alkyl halides is 3. The molecule has 2 atom stereocenters. The molecule has 46 heavy (non-hydrogen) atoms. The number of piperidine rings is 1. The smallest absolute Gasteiger partial charge is 0.416 e. The summed E-state index contributed by atoms with van der Waals surface area (Å²) in [4.78, 5) is 24.4. The van der Waals surface area contributed by atoms with E-state index in [0.29, 0.717) is 48.5 Å². The highest BCUT2D eigenvalue weighted by Gasteiger charge is 2.40. The highest BCUT2D eigenvalue weighted by molar-refractivity contribution is 7.89. The number of nitrogens with zero attached hydrogens (tertiary/aromatic N) is 1. The Balaban J connectivity index is 1.60. The Morgan fingerprint density at radius 1 is 0.978 bits per heavy atom. The van der Waals surface area contributed by atoms with E-state index in [1.165, 1.54) is 14.2 Å². The predicted molar refractivity (Wildman–Crippen MR) is 159 cm³/mol. The van der Waals surface area contributed by atoms with Crippen molar-refractivity contribution >= 4 is 22.0 Å². The molecule has 10 nitrogen and oxygen atoms in total. The molecular weight excluding hydrogens is 631 g/mol. The number of sulfonamides is 1. The Morgan fingerprint density at radius 3 is 2.35 bits per heavy atom. The summed E-state index contributed by atoms with van der Waals surface area (Å²) in [5, 5.41) is 9.01. The molecule has 0 bridgehead atoms. The molecule has 4 rings (SSSR count). The van der Waals surface area contributed by atoms with Crippen molar-refractivity contribution in [2.75, 3.05) is 27.4 Å². The number of halogens is 3. The molecule has 14 heteroatoms. The molecular formula is C32H34F3NO9S. The van der Waals surface area contributed by atoms with Gasteiger partial charge in [-0.1, -0.05) is 18.2 Å². The zero-order valence-electron chi connectivity index (χ0n) is 25.2. The summed E-state index contributed by atoms with van der Waals surface area (Å²) in [5.74, 6) is -0.720.